The molecule has 0 spiro atoms. The Morgan fingerprint density at radius 1 is 0.760 bits per heavy atom. The quantitative estimate of drug-likeness (QED) is 0.163. The van der Waals surface area contributed by atoms with E-state index in [0.717, 1.165) is 8.47 Å². The highest BCUT2D eigenvalue weighted by Crippen LogP contribution is 2.34. The lowest BCUT2D eigenvalue weighted by molar-refractivity contribution is 0.104. The van der Waals surface area contributed by atoms with Crippen molar-refractivity contribution in [3.05, 3.63) is 105 Å². The number of aliphatic hydroxyl groups is 1. The van der Waals surface area contributed by atoms with Crippen LogP contribution in [0.2, 0.25) is 0 Å². The third-order valence-electron chi connectivity index (χ3n) is 3.54. The predicted octanol–water partition coefficient (Wildman–Crippen LogP) is 6.19. The van der Waals surface area contributed by atoms with Gasteiger partial charge in [-0.25, -0.2) is 0 Å². The molecule has 3 rings (SSSR count). The zero-order valence-electron chi connectivity index (χ0n) is 13.2. The van der Waals surface area contributed by atoms with Crippen molar-refractivity contribution in [3.8, 4) is 0 Å². The first-order chi connectivity index (χ1) is 12.1. The van der Waals surface area contributed by atoms with E-state index in [9.17, 15) is 9.90 Å². The van der Waals surface area contributed by atoms with Gasteiger partial charge in [0.25, 0.3) is 0 Å². The van der Waals surface area contributed by atoms with Gasteiger partial charge >= 0.3 is 0 Å². The van der Waals surface area contributed by atoms with Gasteiger partial charge in [-0.1, -0.05) is 72.4 Å². The number of hydrogen-bond acceptors (Lipinski definition) is 3. The maximum atomic E-state index is 13.0. The average molecular weight is 458 g/mol. The molecule has 0 atom stereocenters. The lowest BCUT2D eigenvalue weighted by atomic mass is 10.1. The lowest BCUT2D eigenvalue weighted by Crippen LogP contribution is -2.04. The van der Waals surface area contributed by atoms with E-state index in [1.165, 1.54) is 11.8 Å². The lowest BCUT2D eigenvalue weighted by Gasteiger charge is -2.11. The number of hydrogen-bond donors (Lipinski definition) is 1. The molecule has 0 saturated heterocycles. The number of carbonyl (C=O) groups is 1. The smallest absolute Gasteiger partial charge is 0.203 e. The Morgan fingerprint density at radius 3 is 1.84 bits per heavy atom. The molecule has 0 aliphatic rings. The molecule has 2 nitrogen and oxygen atoms in total. The van der Waals surface area contributed by atoms with Crippen molar-refractivity contribution in [2.75, 3.05) is 0 Å². The first-order valence-corrected chi connectivity index (χ1v) is 9.56. The van der Waals surface area contributed by atoms with Crippen LogP contribution in [0.1, 0.15) is 15.9 Å². The highest BCUT2D eigenvalue weighted by molar-refractivity contribution is 14.1. The molecule has 0 radical (unpaired) electrons. The molecule has 0 aliphatic carbocycles. The summed E-state index contributed by atoms with van der Waals surface area (Å²) in [6.45, 7) is 0. The molecule has 3 aromatic rings. The number of rotatable bonds is 5. The van der Waals surface area contributed by atoms with Gasteiger partial charge in [0, 0.05) is 19.6 Å². The molecule has 25 heavy (non-hydrogen) atoms. The molecule has 0 saturated carbocycles. The van der Waals surface area contributed by atoms with Crippen molar-refractivity contribution in [2.45, 2.75) is 4.90 Å². The molecule has 0 amide bonds. The minimum absolute atomic E-state index is 0.00185. The highest BCUT2D eigenvalue weighted by Gasteiger charge is 2.19. The Morgan fingerprint density at radius 2 is 1.28 bits per heavy atom. The van der Waals surface area contributed by atoms with Gasteiger partial charge in [0.2, 0.25) is 5.78 Å². The molecule has 0 bridgehead atoms. The molecule has 124 valence electrons. The van der Waals surface area contributed by atoms with Crippen molar-refractivity contribution in [1.29, 1.82) is 0 Å². The highest BCUT2D eigenvalue weighted by atomic mass is 127. The number of aliphatic hydroxyl groups excluding tert-OH is 1. The Labute approximate surface area is 164 Å². The van der Waals surface area contributed by atoms with Crippen molar-refractivity contribution in [2.24, 2.45) is 0 Å². The fraction of sp³-hybridized carbons (Fsp3) is 0. The van der Waals surface area contributed by atoms with Gasteiger partial charge in [-0.05, 0) is 46.9 Å². The third kappa shape index (κ3) is 4.52. The maximum Gasteiger partial charge on any atom is 0.203 e. The number of carbonyl (C=O) groups excluding carboxylic acids is 1. The van der Waals surface area contributed by atoms with E-state index in [1.807, 2.05) is 60.7 Å². The minimum atomic E-state index is -0.189. The van der Waals surface area contributed by atoms with E-state index >= 15 is 0 Å². The summed E-state index contributed by atoms with van der Waals surface area (Å²) < 4.78 is 1.12. The largest absolute Gasteiger partial charge is 0.506 e. The predicted molar refractivity (Wildman–Crippen MR) is 112 cm³/mol. The van der Waals surface area contributed by atoms with Crippen LogP contribution in [0.4, 0.5) is 0 Å². The topological polar surface area (TPSA) is 37.3 Å². The fourth-order valence-electron chi connectivity index (χ4n) is 2.27. The number of thioether (sulfide) groups is 1. The molecule has 0 unspecified atom stereocenters. The second kappa shape index (κ2) is 8.36. The summed E-state index contributed by atoms with van der Waals surface area (Å²) in [5.74, 6) is -0.191. The van der Waals surface area contributed by atoms with Crippen molar-refractivity contribution >= 4 is 45.9 Å². The molecule has 0 aromatic heterocycles. The van der Waals surface area contributed by atoms with Crippen molar-refractivity contribution in [1.82, 2.24) is 0 Å². The molecular weight excluding hydrogens is 443 g/mol. The van der Waals surface area contributed by atoms with Gasteiger partial charge in [-0.15, -0.1) is 0 Å². The molecule has 1 N–H and O–H groups in total. The van der Waals surface area contributed by atoms with Crippen LogP contribution in [0.3, 0.4) is 0 Å². The normalized spacial score (nSPS) is 11.7. The number of halogens is 1. The number of Topliss-reactive ketones (excluding diaryl/α,β-unsaturated/α-hetero) is 1. The van der Waals surface area contributed by atoms with Crippen LogP contribution in [0.15, 0.2) is 94.7 Å². The van der Waals surface area contributed by atoms with E-state index in [-0.39, 0.29) is 11.5 Å². The van der Waals surface area contributed by atoms with Gasteiger partial charge in [-0.2, -0.15) is 0 Å². The first-order valence-electron chi connectivity index (χ1n) is 7.67. The summed E-state index contributed by atoms with van der Waals surface area (Å²) in [4.78, 5) is 14.2. The molecule has 3 aromatic carbocycles. The van der Waals surface area contributed by atoms with Gasteiger partial charge in [0.15, 0.2) is 0 Å². The minimum Gasteiger partial charge on any atom is -0.506 e. The summed E-state index contributed by atoms with van der Waals surface area (Å²) in [5.41, 5.74) is 1.18. The Kier molecular flexibility index (Phi) is 5.94. The van der Waals surface area contributed by atoms with Gasteiger partial charge in [-0.3, -0.25) is 4.79 Å². The van der Waals surface area contributed by atoms with Crippen molar-refractivity contribution in [3.63, 3.8) is 0 Å². The van der Waals surface area contributed by atoms with Crippen LogP contribution >= 0.6 is 34.4 Å². The van der Waals surface area contributed by atoms with Crippen LogP contribution in [0, 0.1) is 3.57 Å². The average Bonchev–Trinajstić information content (AvgIpc) is 2.68. The summed E-state index contributed by atoms with van der Waals surface area (Å²) in [5, 5.41) is 10.8. The van der Waals surface area contributed by atoms with Crippen LogP contribution in [0.25, 0.3) is 5.76 Å². The fourth-order valence-corrected chi connectivity index (χ4v) is 3.56. The Hall–Kier alpha value is -2.05. The van der Waals surface area contributed by atoms with Crippen LogP contribution < -0.4 is 0 Å². The van der Waals surface area contributed by atoms with Gasteiger partial charge in [0.1, 0.15) is 10.7 Å². The second-order valence-electron chi connectivity index (χ2n) is 5.29. The molecule has 0 fully saturated rings. The van der Waals surface area contributed by atoms with Crippen LogP contribution in [-0.4, -0.2) is 10.9 Å². The summed E-state index contributed by atoms with van der Waals surface area (Å²) in [6, 6.07) is 26.0. The van der Waals surface area contributed by atoms with E-state index < -0.39 is 0 Å². The van der Waals surface area contributed by atoms with Crippen LogP contribution in [0.5, 0.6) is 0 Å². The second-order valence-corrected chi connectivity index (χ2v) is 7.62. The number of benzene rings is 3. The molecule has 0 aliphatic heterocycles. The van der Waals surface area contributed by atoms with E-state index in [4.69, 9.17) is 0 Å². The van der Waals surface area contributed by atoms with Crippen LogP contribution in [-0.2, 0) is 0 Å². The SMILES string of the molecule is O=C(/C(Sc1ccc(I)cc1)=C(/O)c1ccccc1)c1ccccc1. The monoisotopic (exact) mass is 458 g/mol. The van der Waals surface area contributed by atoms with Gasteiger partial charge < -0.3 is 5.11 Å². The molecular formula is C21H15IO2S. The Balaban J connectivity index is 2.05. The van der Waals surface area contributed by atoms with E-state index in [2.05, 4.69) is 22.6 Å². The molecule has 0 heterocycles. The Bertz CT molecular complexity index is 888. The third-order valence-corrected chi connectivity index (χ3v) is 5.35. The van der Waals surface area contributed by atoms with Gasteiger partial charge in [0.05, 0.1) is 0 Å². The number of allylic oxidation sites excluding steroid dienone is 1. The number of ketones is 1. The molecule has 4 heteroatoms. The van der Waals surface area contributed by atoms with E-state index in [0.29, 0.717) is 16.0 Å². The first kappa shape index (κ1) is 17.8. The summed E-state index contributed by atoms with van der Waals surface area (Å²) >= 11 is 3.52. The summed E-state index contributed by atoms with van der Waals surface area (Å²) in [7, 11) is 0. The standard InChI is InChI=1S/C21H15IO2S/c22-17-11-13-18(14-12-17)25-21(19(23)15-7-3-1-4-8-15)20(24)16-9-5-2-6-10-16/h1-14,23H/b21-19-. The summed E-state index contributed by atoms with van der Waals surface area (Å²) in [6.07, 6.45) is 0. The zero-order valence-corrected chi connectivity index (χ0v) is 16.2. The zero-order chi connectivity index (χ0) is 17.6. The van der Waals surface area contributed by atoms with E-state index in [1.54, 1.807) is 24.3 Å². The maximum absolute atomic E-state index is 13.0. The van der Waals surface area contributed by atoms with Crippen molar-refractivity contribution < 1.29 is 9.90 Å².